The van der Waals surface area contributed by atoms with Gasteiger partial charge in [-0.05, 0) is 42.5 Å². The summed E-state index contributed by atoms with van der Waals surface area (Å²) in [5.74, 6) is -1.83. The summed E-state index contributed by atoms with van der Waals surface area (Å²) in [5, 5.41) is 3.55. The second-order valence-electron chi connectivity index (χ2n) is 4.94. The molecule has 1 aliphatic rings. The molecule has 2 aromatic carbocycles. The summed E-state index contributed by atoms with van der Waals surface area (Å²) in [7, 11) is 0. The van der Waals surface area contributed by atoms with Crippen LogP contribution >= 0.6 is 23.2 Å². The molecule has 0 saturated heterocycles. The quantitative estimate of drug-likeness (QED) is 0.866. The van der Waals surface area contributed by atoms with Crippen LogP contribution in [0.15, 0.2) is 42.5 Å². The van der Waals surface area contributed by atoms with Crippen molar-refractivity contribution in [1.82, 2.24) is 0 Å². The van der Waals surface area contributed by atoms with Crippen molar-refractivity contribution in [1.29, 1.82) is 0 Å². The minimum absolute atomic E-state index is 0.210. The Morgan fingerprint density at radius 2 is 1.65 bits per heavy atom. The lowest BCUT2D eigenvalue weighted by atomic mass is 10.1. The maximum absolute atomic E-state index is 12.1. The standard InChI is InChI=1S/C16H10Cl2N2O3/c17-9-1-4-11(5-2-9)19-14(21)8-20-13-6-3-10(18)7-12(13)15(22)16(20)23/h1-7H,8H2,(H,19,21). The molecule has 0 fully saturated rings. The van der Waals surface area contributed by atoms with Gasteiger partial charge in [0.05, 0.1) is 11.3 Å². The molecule has 1 aliphatic heterocycles. The summed E-state index contributed by atoms with van der Waals surface area (Å²) in [6.45, 7) is -0.262. The van der Waals surface area contributed by atoms with Gasteiger partial charge in [-0.1, -0.05) is 23.2 Å². The van der Waals surface area contributed by atoms with Crippen LogP contribution in [0.3, 0.4) is 0 Å². The smallest absolute Gasteiger partial charge is 0.299 e. The van der Waals surface area contributed by atoms with Gasteiger partial charge in [0, 0.05) is 15.7 Å². The zero-order chi connectivity index (χ0) is 16.6. The predicted octanol–water partition coefficient (Wildman–Crippen LogP) is 3.16. The third-order valence-electron chi connectivity index (χ3n) is 3.36. The van der Waals surface area contributed by atoms with Crippen molar-refractivity contribution >= 4 is 52.2 Å². The molecule has 0 bridgehead atoms. The minimum atomic E-state index is -0.742. The zero-order valence-electron chi connectivity index (χ0n) is 11.7. The Hall–Kier alpha value is -2.37. The maximum Gasteiger partial charge on any atom is 0.299 e. The molecular formula is C16H10Cl2N2O3. The van der Waals surface area contributed by atoms with Gasteiger partial charge in [-0.15, -0.1) is 0 Å². The fourth-order valence-corrected chi connectivity index (χ4v) is 2.61. The second-order valence-corrected chi connectivity index (χ2v) is 5.81. The normalized spacial score (nSPS) is 13.2. The van der Waals surface area contributed by atoms with Crippen LogP contribution in [0.5, 0.6) is 0 Å². The molecule has 0 saturated carbocycles. The molecule has 0 unspecified atom stereocenters. The summed E-state index contributed by atoms with van der Waals surface area (Å²) in [6.07, 6.45) is 0. The van der Waals surface area contributed by atoms with Crippen LogP contribution in [-0.2, 0) is 9.59 Å². The van der Waals surface area contributed by atoms with E-state index in [1.165, 1.54) is 6.07 Å². The predicted molar refractivity (Wildman–Crippen MR) is 88.2 cm³/mol. The number of ketones is 1. The SMILES string of the molecule is O=C(CN1C(=O)C(=O)c2cc(Cl)ccc21)Nc1ccc(Cl)cc1. The summed E-state index contributed by atoms with van der Waals surface area (Å²) in [5.41, 5.74) is 1.14. The van der Waals surface area contributed by atoms with E-state index in [9.17, 15) is 14.4 Å². The molecule has 0 aliphatic carbocycles. The number of nitrogens with one attached hydrogen (secondary N) is 1. The first-order valence-electron chi connectivity index (χ1n) is 6.67. The van der Waals surface area contributed by atoms with Crippen molar-refractivity contribution < 1.29 is 14.4 Å². The maximum atomic E-state index is 12.1. The summed E-state index contributed by atoms with van der Waals surface area (Å²) in [6, 6.07) is 11.1. The number of carbonyl (C=O) groups excluding carboxylic acids is 3. The van der Waals surface area contributed by atoms with E-state index in [1.807, 2.05) is 0 Å². The van der Waals surface area contributed by atoms with Gasteiger partial charge in [-0.2, -0.15) is 0 Å². The van der Waals surface area contributed by atoms with E-state index in [-0.39, 0.29) is 12.1 Å². The largest absolute Gasteiger partial charge is 0.325 e. The topological polar surface area (TPSA) is 66.5 Å². The molecular weight excluding hydrogens is 339 g/mol. The lowest BCUT2D eigenvalue weighted by Gasteiger charge is -2.16. The van der Waals surface area contributed by atoms with Crippen molar-refractivity contribution in [3.8, 4) is 0 Å². The Bertz CT molecular complexity index is 819. The third kappa shape index (κ3) is 3.06. The van der Waals surface area contributed by atoms with E-state index >= 15 is 0 Å². The highest BCUT2D eigenvalue weighted by Gasteiger charge is 2.36. The van der Waals surface area contributed by atoms with Gasteiger partial charge < -0.3 is 5.32 Å². The van der Waals surface area contributed by atoms with Gasteiger partial charge in [0.15, 0.2) is 0 Å². The third-order valence-corrected chi connectivity index (χ3v) is 3.85. The Labute approximate surface area is 141 Å². The van der Waals surface area contributed by atoms with Crippen LogP contribution in [-0.4, -0.2) is 24.1 Å². The van der Waals surface area contributed by atoms with E-state index in [0.29, 0.717) is 21.4 Å². The summed E-state index contributed by atoms with van der Waals surface area (Å²) in [4.78, 5) is 37.2. The first-order valence-corrected chi connectivity index (χ1v) is 7.42. The number of Topliss-reactive ketones (excluding diaryl/α,β-unsaturated/α-hetero) is 1. The first kappa shape index (κ1) is 15.5. The highest BCUT2D eigenvalue weighted by Crippen LogP contribution is 2.31. The lowest BCUT2D eigenvalue weighted by molar-refractivity contribution is -0.118. The molecule has 0 aromatic heterocycles. The zero-order valence-corrected chi connectivity index (χ0v) is 13.2. The molecule has 1 N–H and O–H groups in total. The monoisotopic (exact) mass is 348 g/mol. The molecule has 2 amide bonds. The number of halogens is 2. The molecule has 5 nitrogen and oxygen atoms in total. The van der Waals surface area contributed by atoms with Crippen LogP contribution in [0.1, 0.15) is 10.4 Å². The molecule has 1 heterocycles. The number of benzene rings is 2. The average molecular weight is 349 g/mol. The van der Waals surface area contributed by atoms with Gasteiger partial charge in [-0.25, -0.2) is 0 Å². The number of hydrogen-bond acceptors (Lipinski definition) is 3. The molecule has 0 atom stereocenters. The van der Waals surface area contributed by atoms with Crippen molar-refractivity contribution in [2.45, 2.75) is 0 Å². The van der Waals surface area contributed by atoms with Gasteiger partial charge in [0.25, 0.3) is 11.7 Å². The highest BCUT2D eigenvalue weighted by atomic mass is 35.5. The van der Waals surface area contributed by atoms with E-state index in [4.69, 9.17) is 23.2 Å². The fourth-order valence-electron chi connectivity index (χ4n) is 2.31. The molecule has 116 valence electrons. The van der Waals surface area contributed by atoms with Crippen LogP contribution in [0.25, 0.3) is 0 Å². The molecule has 0 radical (unpaired) electrons. The number of hydrogen-bond donors (Lipinski definition) is 1. The van der Waals surface area contributed by atoms with Gasteiger partial charge in [0.2, 0.25) is 5.91 Å². The molecule has 0 spiro atoms. The van der Waals surface area contributed by atoms with E-state index in [2.05, 4.69) is 5.32 Å². The number of nitrogens with zero attached hydrogens (tertiary/aromatic N) is 1. The highest BCUT2D eigenvalue weighted by molar-refractivity contribution is 6.53. The molecule has 23 heavy (non-hydrogen) atoms. The number of rotatable bonds is 3. The number of anilines is 2. The molecule has 7 heteroatoms. The van der Waals surface area contributed by atoms with Crippen LogP contribution < -0.4 is 10.2 Å². The lowest BCUT2D eigenvalue weighted by Crippen LogP contribution is -2.37. The van der Waals surface area contributed by atoms with E-state index < -0.39 is 17.6 Å². The second kappa shape index (κ2) is 6.02. The minimum Gasteiger partial charge on any atom is -0.325 e. The summed E-state index contributed by atoms with van der Waals surface area (Å²) < 4.78 is 0. The van der Waals surface area contributed by atoms with E-state index in [0.717, 1.165) is 4.90 Å². The summed E-state index contributed by atoms with van der Waals surface area (Å²) >= 11 is 11.6. The fraction of sp³-hybridized carbons (Fsp3) is 0.0625. The Morgan fingerprint density at radius 1 is 1.00 bits per heavy atom. The first-order chi connectivity index (χ1) is 11.0. The molecule has 3 rings (SSSR count). The Morgan fingerprint density at radius 3 is 2.35 bits per heavy atom. The van der Waals surface area contributed by atoms with Crippen molar-refractivity contribution in [2.75, 3.05) is 16.8 Å². The van der Waals surface area contributed by atoms with Gasteiger partial charge in [0.1, 0.15) is 6.54 Å². The van der Waals surface area contributed by atoms with Gasteiger partial charge >= 0.3 is 0 Å². The Balaban J connectivity index is 1.78. The number of amides is 2. The number of fused-ring (bicyclic) bond motifs is 1. The van der Waals surface area contributed by atoms with Crippen LogP contribution in [0.2, 0.25) is 10.0 Å². The van der Waals surface area contributed by atoms with Crippen molar-refractivity contribution in [3.63, 3.8) is 0 Å². The van der Waals surface area contributed by atoms with E-state index in [1.54, 1.807) is 36.4 Å². The number of carbonyl (C=O) groups is 3. The van der Waals surface area contributed by atoms with Gasteiger partial charge in [-0.3, -0.25) is 19.3 Å². The average Bonchev–Trinajstić information content (AvgIpc) is 2.74. The van der Waals surface area contributed by atoms with Crippen LogP contribution in [0, 0.1) is 0 Å². The van der Waals surface area contributed by atoms with Crippen LogP contribution in [0.4, 0.5) is 11.4 Å². The van der Waals surface area contributed by atoms with Crippen molar-refractivity contribution in [3.05, 3.63) is 58.1 Å². The Kier molecular flexibility index (Phi) is 4.07. The molecule has 2 aromatic rings. The van der Waals surface area contributed by atoms with Crippen molar-refractivity contribution in [2.24, 2.45) is 0 Å².